The van der Waals surface area contributed by atoms with E-state index in [0.29, 0.717) is 11.4 Å². The molecule has 0 saturated carbocycles. The van der Waals surface area contributed by atoms with Crippen LogP contribution in [0.4, 0.5) is 5.69 Å². The number of phenols is 1. The predicted octanol–water partition coefficient (Wildman–Crippen LogP) is 3.34. The molecule has 1 rings (SSSR count). The van der Waals surface area contributed by atoms with Gasteiger partial charge in [-0.3, -0.25) is 0 Å². The van der Waals surface area contributed by atoms with E-state index in [1.54, 1.807) is 18.2 Å². The maximum absolute atomic E-state index is 8.99. The molecule has 2 heteroatoms. The molecule has 76 valence electrons. The first-order valence-corrected chi connectivity index (χ1v) is 4.75. The molecule has 0 aliphatic heterocycles. The van der Waals surface area contributed by atoms with Crippen molar-refractivity contribution in [3.63, 3.8) is 0 Å². The minimum atomic E-state index is 0.296. The summed E-state index contributed by atoms with van der Waals surface area (Å²) >= 11 is 0. The lowest BCUT2D eigenvalue weighted by Crippen LogP contribution is -1.84. The van der Waals surface area contributed by atoms with Crippen molar-refractivity contribution in [1.29, 1.82) is 0 Å². The van der Waals surface area contributed by atoms with Crippen molar-refractivity contribution in [1.82, 2.24) is 0 Å². The number of phenolic OH excluding ortho intramolecular Hbond substituents is 1. The first-order valence-electron chi connectivity index (χ1n) is 4.75. The Bertz CT molecular complexity index is 221. The number of aromatic hydroxyl groups is 1. The third kappa shape index (κ3) is 6.02. The average molecular weight is 183 g/mol. The number of hydrogen-bond donors (Lipinski definition) is 2. The van der Waals surface area contributed by atoms with E-state index < -0.39 is 0 Å². The van der Waals surface area contributed by atoms with Gasteiger partial charge < -0.3 is 10.8 Å². The number of anilines is 1. The van der Waals surface area contributed by atoms with Crippen LogP contribution in [0.1, 0.15) is 33.3 Å². The smallest absolute Gasteiger partial charge is 0.118 e. The van der Waals surface area contributed by atoms with Crippen LogP contribution in [-0.4, -0.2) is 5.11 Å². The fraction of sp³-hybridized carbons (Fsp3) is 0.455. The topological polar surface area (TPSA) is 46.2 Å². The van der Waals surface area contributed by atoms with Gasteiger partial charge in [-0.25, -0.2) is 0 Å². The molecule has 3 N–H and O–H groups in total. The number of rotatable bonds is 0. The summed E-state index contributed by atoms with van der Waals surface area (Å²) in [6.07, 6.45) is 0. The Morgan fingerprint density at radius 3 is 1.85 bits per heavy atom. The number of aryl methyl sites for hydroxylation is 1. The van der Waals surface area contributed by atoms with Crippen molar-refractivity contribution >= 4 is 5.69 Å². The minimum Gasteiger partial charge on any atom is -0.508 e. The van der Waals surface area contributed by atoms with Crippen molar-refractivity contribution in [3.8, 4) is 5.75 Å². The van der Waals surface area contributed by atoms with Gasteiger partial charge in [-0.2, -0.15) is 0 Å². The van der Waals surface area contributed by atoms with Crippen molar-refractivity contribution < 1.29 is 5.11 Å². The van der Waals surface area contributed by atoms with Crippen LogP contribution < -0.4 is 5.73 Å². The van der Waals surface area contributed by atoms with E-state index in [2.05, 4.69) is 0 Å². The Morgan fingerprint density at radius 1 is 1.08 bits per heavy atom. The molecular weight excluding hydrogens is 162 g/mol. The molecule has 0 aliphatic carbocycles. The molecule has 0 fully saturated rings. The third-order valence-electron chi connectivity index (χ3n) is 1.22. The first kappa shape index (κ1) is 14.3. The maximum atomic E-state index is 8.99. The molecular formula is C11H21NO. The highest BCUT2D eigenvalue weighted by Gasteiger charge is 1.92. The summed E-state index contributed by atoms with van der Waals surface area (Å²) < 4.78 is 0. The van der Waals surface area contributed by atoms with Crippen LogP contribution in [0.2, 0.25) is 0 Å². The number of nitrogens with two attached hydrogens (primary N) is 1. The Labute approximate surface area is 81.4 Å². The van der Waals surface area contributed by atoms with Crippen LogP contribution in [0.25, 0.3) is 0 Å². The van der Waals surface area contributed by atoms with Gasteiger partial charge in [0.25, 0.3) is 0 Å². The molecule has 0 radical (unpaired) electrons. The van der Waals surface area contributed by atoms with Crippen LogP contribution >= 0.6 is 0 Å². The lowest BCUT2D eigenvalue weighted by Gasteiger charge is -1.97. The quantitative estimate of drug-likeness (QED) is 0.478. The Kier molecular flexibility index (Phi) is 9.84. The van der Waals surface area contributed by atoms with E-state index >= 15 is 0 Å². The van der Waals surface area contributed by atoms with E-state index in [9.17, 15) is 0 Å². The maximum Gasteiger partial charge on any atom is 0.118 e. The van der Waals surface area contributed by atoms with Crippen molar-refractivity contribution in [2.45, 2.75) is 34.6 Å². The fourth-order valence-electron chi connectivity index (χ4n) is 0.679. The van der Waals surface area contributed by atoms with Gasteiger partial charge in [0.2, 0.25) is 0 Å². The number of hydrogen-bond acceptors (Lipinski definition) is 2. The lowest BCUT2D eigenvalue weighted by molar-refractivity contribution is 0.471. The van der Waals surface area contributed by atoms with Crippen molar-refractivity contribution in [3.05, 3.63) is 23.8 Å². The Hall–Kier alpha value is -1.18. The lowest BCUT2D eigenvalue weighted by atomic mass is 10.2. The van der Waals surface area contributed by atoms with Crippen LogP contribution in [0.5, 0.6) is 5.75 Å². The fourth-order valence-corrected chi connectivity index (χ4v) is 0.679. The van der Waals surface area contributed by atoms with E-state index in [1.807, 2.05) is 34.6 Å². The molecule has 0 bridgehead atoms. The zero-order valence-electron chi connectivity index (χ0n) is 9.26. The zero-order chi connectivity index (χ0) is 10.9. The Morgan fingerprint density at radius 2 is 1.54 bits per heavy atom. The van der Waals surface area contributed by atoms with Gasteiger partial charge in [0.05, 0.1) is 0 Å². The first-order chi connectivity index (χ1) is 6.20. The van der Waals surface area contributed by atoms with E-state index in [0.717, 1.165) is 5.56 Å². The van der Waals surface area contributed by atoms with E-state index in [1.165, 1.54) is 0 Å². The van der Waals surface area contributed by atoms with Gasteiger partial charge in [0.15, 0.2) is 0 Å². The molecule has 0 aromatic heterocycles. The van der Waals surface area contributed by atoms with Crippen LogP contribution in [0, 0.1) is 6.92 Å². The van der Waals surface area contributed by atoms with Crippen molar-refractivity contribution in [2.75, 3.05) is 5.73 Å². The second kappa shape index (κ2) is 8.91. The molecule has 0 heterocycles. The van der Waals surface area contributed by atoms with Crippen LogP contribution in [0.3, 0.4) is 0 Å². The zero-order valence-corrected chi connectivity index (χ0v) is 9.26. The molecule has 0 unspecified atom stereocenters. The summed E-state index contributed by atoms with van der Waals surface area (Å²) in [6, 6.07) is 4.99. The average Bonchev–Trinajstić information content (AvgIpc) is 2.18. The number of nitrogen functional groups attached to an aromatic ring is 1. The SMILES string of the molecule is CC.CC.Cc1cc(N)ccc1O. The predicted molar refractivity (Wildman–Crippen MR) is 60.0 cm³/mol. The molecule has 0 atom stereocenters. The van der Waals surface area contributed by atoms with Gasteiger partial charge in [-0.15, -0.1) is 0 Å². The van der Waals surface area contributed by atoms with Gasteiger partial charge >= 0.3 is 0 Å². The molecule has 1 aromatic rings. The van der Waals surface area contributed by atoms with E-state index in [4.69, 9.17) is 10.8 Å². The summed E-state index contributed by atoms with van der Waals surface area (Å²) in [6.45, 7) is 9.81. The molecule has 0 saturated heterocycles. The van der Waals surface area contributed by atoms with Crippen LogP contribution in [0.15, 0.2) is 18.2 Å². The highest BCUT2D eigenvalue weighted by Crippen LogP contribution is 2.17. The van der Waals surface area contributed by atoms with Crippen molar-refractivity contribution in [2.24, 2.45) is 0 Å². The number of benzene rings is 1. The van der Waals surface area contributed by atoms with Gasteiger partial charge in [0.1, 0.15) is 5.75 Å². The molecule has 0 spiro atoms. The summed E-state index contributed by atoms with van der Waals surface area (Å²) in [5.74, 6) is 0.296. The summed E-state index contributed by atoms with van der Waals surface area (Å²) in [5, 5.41) is 8.99. The standard InChI is InChI=1S/C7H9NO.2C2H6/c1-5-4-6(8)2-3-7(5)9;2*1-2/h2-4,9H,8H2,1H3;2*1-2H3. The summed E-state index contributed by atoms with van der Waals surface area (Å²) in [5.41, 5.74) is 6.92. The largest absolute Gasteiger partial charge is 0.508 e. The highest BCUT2D eigenvalue weighted by atomic mass is 16.3. The molecule has 2 nitrogen and oxygen atoms in total. The second-order valence-electron chi connectivity index (χ2n) is 2.05. The summed E-state index contributed by atoms with van der Waals surface area (Å²) in [4.78, 5) is 0. The third-order valence-corrected chi connectivity index (χ3v) is 1.22. The second-order valence-corrected chi connectivity index (χ2v) is 2.05. The van der Waals surface area contributed by atoms with E-state index in [-0.39, 0.29) is 0 Å². The highest BCUT2D eigenvalue weighted by molar-refractivity contribution is 5.46. The van der Waals surface area contributed by atoms with Gasteiger partial charge in [-0.05, 0) is 30.7 Å². The van der Waals surface area contributed by atoms with Gasteiger partial charge in [-0.1, -0.05) is 27.7 Å². The molecule has 0 aliphatic rings. The molecule has 0 amide bonds. The molecule has 13 heavy (non-hydrogen) atoms. The minimum absolute atomic E-state index is 0.296. The monoisotopic (exact) mass is 183 g/mol. The van der Waals surface area contributed by atoms with Gasteiger partial charge in [0, 0.05) is 5.69 Å². The summed E-state index contributed by atoms with van der Waals surface area (Å²) in [7, 11) is 0. The van der Waals surface area contributed by atoms with Crippen LogP contribution in [-0.2, 0) is 0 Å². The Balaban J connectivity index is 0. The molecule has 1 aromatic carbocycles. The normalized spacial score (nSPS) is 7.46.